The minimum Gasteiger partial charge on any atom is -0.496 e. The van der Waals surface area contributed by atoms with Crippen LogP contribution in [0.3, 0.4) is 0 Å². The lowest BCUT2D eigenvalue weighted by Crippen LogP contribution is -2.45. The smallest absolute Gasteiger partial charge is 0.315 e. The van der Waals surface area contributed by atoms with Crippen LogP contribution >= 0.6 is 0 Å². The molecule has 0 aromatic heterocycles. The van der Waals surface area contributed by atoms with Gasteiger partial charge >= 0.3 is 5.97 Å². The molecule has 1 amide bonds. The van der Waals surface area contributed by atoms with Crippen molar-refractivity contribution in [2.75, 3.05) is 65.9 Å². The van der Waals surface area contributed by atoms with E-state index >= 15 is 0 Å². The number of nitrogens with zero attached hydrogens (tertiary/aromatic N) is 5. The van der Waals surface area contributed by atoms with Gasteiger partial charge in [-0.1, -0.05) is 84.9 Å². The fourth-order valence-corrected chi connectivity index (χ4v) is 10.8. The van der Waals surface area contributed by atoms with E-state index in [2.05, 4.69) is 22.9 Å². The van der Waals surface area contributed by atoms with Gasteiger partial charge in [-0.05, 0) is 71.6 Å². The molecule has 13 nitrogen and oxygen atoms in total. The molecule has 5 aromatic rings. The zero-order valence-electron chi connectivity index (χ0n) is 35.5. The molecule has 1 unspecified atom stereocenters. The van der Waals surface area contributed by atoms with Crippen LogP contribution in [0.1, 0.15) is 44.9 Å². The maximum absolute atomic E-state index is 14.4. The Hall–Kier alpha value is -5.58. The van der Waals surface area contributed by atoms with Gasteiger partial charge in [-0.3, -0.25) is 9.59 Å². The van der Waals surface area contributed by atoms with Crippen molar-refractivity contribution in [3.63, 3.8) is 0 Å². The number of ether oxygens (including phenoxy) is 1. The molecule has 0 aliphatic carbocycles. The Bertz CT molecular complexity index is 2620. The summed E-state index contributed by atoms with van der Waals surface area (Å²) in [7, 11) is -1.61. The minimum absolute atomic E-state index is 0.0288. The predicted molar refractivity (Wildman–Crippen MR) is 238 cm³/mol. The second kappa shape index (κ2) is 18.8. The molecule has 0 spiro atoms. The van der Waals surface area contributed by atoms with Crippen LogP contribution in [0.15, 0.2) is 125 Å². The molecule has 0 saturated carbocycles. The Morgan fingerprint density at radius 1 is 0.710 bits per heavy atom. The normalized spacial score (nSPS) is 15.4. The van der Waals surface area contributed by atoms with Crippen LogP contribution < -0.4 is 9.64 Å². The lowest BCUT2D eigenvalue weighted by atomic mass is 9.89. The molecule has 5 aromatic carbocycles. The van der Waals surface area contributed by atoms with Gasteiger partial charge in [0.1, 0.15) is 11.7 Å². The van der Waals surface area contributed by atoms with Crippen LogP contribution in [0.5, 0.6) is 5.75 Å². The second-order valence-corrected chi connectivity index (χ2v) is 20.0. The molecule has 326 valence electrons. The van der Waals surface area contributed by atoms with Crippen molar-refractivity contribution in [1.82, 2.24) is 18.4 Å². The maximum atomic E-state index is 14.4. The molecule has 62 heavy (non-hydrogen) atoms. The van der Waals surface area contributed by atoms with Gasteiger partial charge in [0, 0.05) is 83.3 Å². The van der Waals surface area contributed by atoms with E-state index in [1.165, 1.54) is 59.1 Å². The van der Waals surface area contributed by atoms with Gasteiger partial charge in [0.2, 0.25) is 26.0 Å². The predicted octanol–water partition coefficient (Wildman–Crippen LogP) is 5.43. The van der Waals surface area contributed by atoms with Gasteiger partial charge in [-0.2, -0.15) is 8.61 Å². The Balaban J connectivity index is 1.21. The number of carbonyl (C=O) groups excluding carboxylic acids is 1. The number of piperazine rings is 1. The van der Waals surface area contributed by atoms with Gasteiger partial charge in [-0.25, -0.2) is 16.8 Å². The molecule has 2 aliphatic heterocycles. The Morgan fingerprint density at radius 2 is 1.31 bits per heavy atom. The molecular formula is C47H53N5O8S2. The number of hydrogen-bond donors (Lipinski definition) is 1. The SMILES string of the molecule is COc1ccc(N2CCN(C)CC2)c2c1CCN(C(=O)Cc1ccc(S(=O)(=O)N(C)Cc3ccccc3)c(C(C(=O)O)c3ccc(S(=O)(=O)N(C)Cc4ccccc4)cc3)c1)C2. The highest BCUT2D eigenvalue weighted by Crippen LogP contribution is 2.37. The van der Waals surface area contributed by atoms with Gasteiger partial charge in [0.05, 0.1) is 23.3 Å². The summed E-state index contributed by atoms with van der Waals surface area (Å²) >= 11 is 0. The lowest BCUT2D eigenvalue weighted by Gasteiger charge is -2.38. The van der Waals surface area contributed by atoms with E-state index < -0.39 is 31.9 Å². The summed E-state index contributed by atoms with van der Waals surface area (Å²) < 4.78 is 64.1. The van der Waals surface area contributed by atoms with Crippen molar-refractivity contribution in [2.24, 2.45) is 0 Å². The first-order valence-corrected chi connectivity index (χ1v) is 23.4. The molecule has 7 rings (SSSR count). The van der Waals surface area contributed by atoms with Crippen molar-refractivity contribution >= 4 is 37.6 Å². The number of sulfonamides is 2. The minimum atomic E-state index is -4.30. The summed E-state index contributed by atoms with van der Waals surface area (Å²) in [6.07, 6.45) is 0.491. The number of carbonyl (C=O) groups is 2. The second-order valence-electron chi connectivity index (χ2n) is 16.0. The molecule has 15 heteroatoms. The number of carboxylic acid groups (broad SMARTS) is 1. The number of carboxylic acids is 1. The molecule has 1 atom stereocenters. The summed E-state index contributed by atoms with van der Waals surface area (Å²) in [5, 5.41) is 10.9. The zero-order chi connectivity index (χ0) is 44.2. The lowest BCUT2D eigenvalue weighted by molar-refractivity contribution is -0.137. The number of fused-ring (bicyclic) bond motifs is 1. The fraction of sp³-hybridized carbons (Fsp3) is 0.319. The van der Waals surface area contributed by atoms with E-state index in [0.717, 1.165) is 59.9 Å². The summed E-state index contributed by atoms with van der Waals surface area (Å²) in [5.41, 5.74) is 5.31. The van der Waals surface area contributed by atoms with Crippen molar-refractivity contribution in [3.8, 4) is 5.75 Å². The topological polar surface area (TPSA) is 148 Å². The fourth-order valence-electron chi connectivity index (χ4n) is 8.32. The third-order valence-electron chi connectivity index (χ3n) is 11.9. The quantitative estimate of drug-likeness (QED) is 0.144. The van der Waals surface area contributed by atoms with E-state index in [-0.39, 0.29) is 46.3 Å². The number of likely N-dealkylation sites (N-methyl/N-ethyl adjacent to an activating group) is 1. The summed E-state index contributed by atoms with van der Waals surface area (Å²) in [6, 6.07) is 32.2. The van der Waals surface area contributed by atoms with Crippen molar-refractivity contribution in [1.29, 1.82) is 0 Å². The van der Waals surface area contributed by atoms with Crippen molar-refractivity contribution in [3.05, 3.63) is 154 Å². The van der Waals surface area contributed by atoms with Crippen LogP contribution in [0.2, 0.25) is 0 Å². The van der Waals surface area contributed by atoms with Gasteiger partial charge in [-0.15, -0.1) is 0 Å². The Kier molecular flexibility index (Phi) is 13.5. The monoisotopic (exact) mass is 879 g/mol. The van der Waals surface area contributed by atoms with Crippen LogP contribution in [0, 0.1) is 0 Å². The first-order chi connectivity index (χ1) is 29.7. The number of aliphatic carboxylic acids is 1. The van der Waals surface area contributed by atoms with Gasteiger partial charge < -0.3 is 24.5 Å². The summed E-state index contributed by atoms with van der Waals surface area (Å²) in [5.74, 6) is -2.27. The molecular weight excluding hydrogens is 827 g/mol. The van der Waals surface area contributed by atoms with Crippen LogP contribution in [-0.4, -0.2) is 113 Å². The molecule has 1 fully saturated rings. The number of methoxy groups -OCH3 is 1. The van der Waals surface area contributed by atoms with Crippen molar-refractivity contribution in [2.45, 2.75) is 48.2 Å². The number of anilines is 1. The highest BCUT2D eigenvalue weighted by molar-refractivity contribution is 7.89. The van der Waals surface area contributed by atoms with Crippen molar-refractivity contribution < 1.29 is 36.3 Å². The third-order valence-corrected chi connectivity index (χ3v) is 15.5. The van der Waals surface area contributed by atoms with E-state index in [9.17, 15) is 31.5 Å². The molecule has 1 saturated heterocycles. The molecule has 2 heterocycles. The first kappa shape index (κ1) is 44.5. The van der Waals surface area contributed by atoms with Crippen LogP contribution in [-0.2, 0) is 62.1 Å². The highest BCUT2D eigenvalue weighted by atomic mass is 32.2. The maximum Gasteiger partial charge on any atom is 0.315 e. The molecule has 1 N–H and O–H groups in total. The average molecular weight is 880 g/mol. The number of hydrogen-bond acceptors (Lipinski definition) is 9. The summed E-state index contributed by atoms with van der Waals surface area (Å²) in [4.78, 5) is 33.7. The number of rotatable bonds is 15. The zero-order valence-corrected chi connectivity index (χ0v) is 37.1. The van der Waals surface area contributed by atoms with Crippen LogP contribution in [0.25, 0.3) is 0 Å². The molecule has 0 bridgehead atoms. The van der Waals surface area contributed by atoms with E-state index in [4.69, 9.17) is 4.74 Å². The number of amides is 1. The third kappa shape index (κ3) is 9.57. The number of benzene rings is 5. The highest BCUT2D eigenvalue weighted by Gasteiger charge is 2.34. The first-order valence-electron chi connectivity index (χ1n) is 20.5. The van der Waals surface area contributed by atoms with E-state index in [1.54, 1.807) is 42.3 Å². The van der Waals surface area contributed by atoms with Crippen LogP contribution in [0.4, 0.5) is 5.69 Å². The standard InChI is InChI=1S/C47H53N5O8S2/c1-48-25-27-51(28-26-48)42-20-21-43(60-4)39-23-24-52(33-41(39)42)45(53)30-36-15-22-44(62(58,59)50(3)32-35-13-9-6-10-14-35)40(29-36)46(47(54)55)37-16-18-38(19-17-37)61(56,57)49(2)31-34-11-7-5-8-12-34/h5-22,29,46H,23-28,30-33H2,1-4H3,(H,54,55). The Labute approximate surface area is 364 Å². The largest absolute Gasteiger partial charge is 0.496 e. The van der Waals surface area contributed by atoms with E-state index in [0.29, 0.717) is 25.1 Å². The Morgan fingerprint density at radius 3 is 1.89 bits per heavy atom. The van der Waals surface area contributed by atoms with Gasteiger partial charge in [0.25, 0.3) is 0 Å². The van der Waals surface area contributed by atoms with Gasteiger partial charge in [0.15, 0.2) is 0 Å². The summed E-state index contributed by atoms with van der Waals surface area (Å²) in [6.45, 7) is 4.53. The average Bonchev–Trinajstić information content (AvgIpc) is 3.27. The van der Waals surface area contributed by atoms with E-state index in [1.807, 2.05) is 42.5 Å². The molecule has 2 aliphatic rings. The molecule has 0 radical (unpaired) electrons.